The van der Waals surface area contributed by atoms with Gasteiger partial charge in [0.15, 0.2) is 0 Å². The van der Waals surface area contributed by atoms with Crippen molar-refractivity contribution in [2.75, 3.05) is 17.2 Å². The smallest absolute Gasteiger partial charge is 0.271 e. The molecule has 0 aliphatic rings. The zero-order valence-corrected chi connectivity index (χ0v) is 13.0. The number of anilines is 2. The second-order valence-electron chi connectivity index (χ2n) is 4.19. The zero-order chi connectivity index (χ0) is 15.2. The van der Waals surface area contributed by atoms with Crippen molar-refractivity contribution >= 4 is 45.6 Å². The number of hydrogen-bond acceptors (Lipinski definition) is 4. The molecule has 2 N–H and O–H groups in total. The van der Waals surface area contributed by atoms with E-state index in [9.17, 15) is 14.9 Å². The van der Waals surface area contributed by atoms with Crippen LogP contribution in [0.3, 0.4) is 0 Å². The van der Waals surface area contributed by atoms with Crippen LogP contribution in [0.5, 0.6) is 0 Å². The molecule has 2 rings (SSSR count). The van der Waals surface area contributed by atoms with Crippen LogP contribution in [0.1, 0.15) is 0 Å². The fourth-order valence-electron chi connectivity index (χ4n) is 1.67. The highest BCUT2D eigenvalue weighted by Crippen LogP contribution is 2.18. The van der Waals surface area contributed by atoms with E-state index in [2.05, 4.69) is 33.2 Å². The van der Waals surface area contributed by atoms with Crippen LogP contribution in [0.2, 0.25) is 0 Å². The van der Waals surface area contributed by atoms with Gasteiger partial charge in [0.25, 0.3) is 5.69 Å². The Hall–Kier alpha value is -2.16. The maximum Gasteiger partial charge on any atom is 0.271 e. The quantitative estimate of drug-likeness (QED) is 0.461. The molecule has 7 heteroatoms. The normalized spacial score (nSPS) is 9.95. The summed E-state index contributed by atoms with van der Waals surface area (Å²) >= 11 is 2.14. The predicted molar refractivity (Wildman–Crippen MR) is 89.4 cm³/mol. The van der Waals surface area contributed by atoms with Crippen LogP contribution in [0, 0.1) is 13.7 Å². The number of carbonyl (C=O) groups is 1. The van der Waals surface area contributed by atoms with Gasteiger partial charge in [-0.05, 0) is 40.8 Å². The topological polar surface area (TPSA) is 84.3 Å². The highest BCUT2D eigenvalue weighted by molar-refractivity contribution is 14.1. The van der Waals surface area contributed by atoms with Crippen LogP contribution in [0.15, 0.2) is 48.5 Å². The molecule has 0 bridgehead atoms. The monoisotopic (exact) mass is 397 g/mol. The number of rotatable bonds is 5. The van der Waals surface area contributed by atoms with Crippen molar-refractivity contribution in [2.45, 2.75) is 0 Å². The summed E-state index contributed by atoms with van der Waals surface area (Å²) in [5.41, 5.74) is 1.25. The number of nitro benzene ring substituents is 1. The Morgan fingerprint density at radius 1 is 1.19 bits per heavy atom. The van der Waals surface area contributed by atoms with Crippen molar-refractivity contribution in [3.8, 4) is 0 Å². The second kappa shape index (κ2) is 7.02. The number of amides is 1. The first kappa shape index (κ1) is 15.2. The average molecular weight is 397 g/mol. The van der Waals surface area contributed by atoms with Crippen molar-refractivity contribution < 1.29 is 9.72 Å². The number of nitrogens with one attached hydrogen (secondary N) is 2. The van der Waals surface area contributed by atoms with E-state index >= 15 is 0 Å². The minimum Gasteiger partial charge on any atom is -0.376 e. The third-order valence-corrected chi connectivity index (χ3v) is 3.60. The molecule has 0 spiro atoms. The fourth-order valence-corrected chi connectivity index (χ4v) is 2.19. The Labute approximate surface area is 134 Å². The lowest BCUT2D eigenvalue weighted by Gasteiger charge is -2.09. The molecule has 6 nitrogen and oxygen atoms in total. The molecule has 0 fully saturated rings. The Bertz CT molecular complexity index is 676. The Morgan fingerprint density at radius 3 is 2.67 bits per heavy atom. The first-order valence-corrected chi connectivity index (χ1v) is 7.17. The maximum absolute atomic E-state index is 11.8. The molecule has 2 aromatic carbocycles. The van der Waals surface area contributed by atoms with Crippen molar-refractivity contribution in [1.29, 1.82) is 0 Å². The fraction of sp³-hybridized carbons (Fsp3) is 0.0714. The molecule has 0 saturated carbocycles. The minimum atomic E-state index is -0.475. The van der Waals surface area contributed by atoms with Gasteiger partial charge in [-0.2, -0.15) is 0 Å². The summed E-state index contributed by atoms with van der Waals surface area (Å²) in [6.07, 6.45) is 0. The van der Waals surface area contributed by atoms with E-state index in [1.807, 2.05) is 24.3 Å². The summed E-state index contributed by atoms with van der Waals surface area (Å²) in [6, 6.07) is 13.5. The highest BCUT2D eigenvalue weighted by Gasteiger charge is 2.08. The third kappa shape index (κ3) is 4.42. The molecule has 0 aliphatic heterocycles. The number of para-hydroxylation sites is 1. The Balaban J connectivity index is 1.94. The summed E-state index contributed by atoms with van der Waals surface area (Å²) in [6.45, 7) is 0.0339. The van der Waals surface area contributed by atoms with Crippen molar-refractivity contribution in [2.24, 2.45) is 0 Å². The first-order valence-electron chi connectivity index (χ1n) is 6.09. The van der Waals surface area contributed by atoms with Crippen LogP contribution in [0.25, 0.3) is 0 Å². The van der Waals surface area contributed by atoms with E-state index < -0.39 is 4.92 Å². The molecular weight excluding hydrogens is 385 g/mol. The molecule has 0 aromatic heterocycles. The number of halogens is 1. The molecule has 0 atom stereocenters. The van der Waals surface area contributed by atoms with Crippen LogP contribution < -0.4 is 10.6 Å². The van der Waals surface area contributed by atoms with Gasteiger partial charge >= 0.3 is 0 Å². The van der Waals surface area contributed by atoms with Crippen LogP contribution in [0.4, 0.5) is 17.1 Å². The average Bonchev–Trinajstić information content (AvgIpc) is 2.48. The number of hydrogen-bond donors (Lipinski definition) is 2. The summed E-state index contributed by atoms with van der Waals surface area (Å²) < 4.78 is 0.943. The zero-order valence-electron chi connectivity index (χ0n) is 10.9. The lowest BCUT2D eigenvalue weighted by Crippen LogP contribution is -2.22. The Kier molecular flexibility index (Phi) is 5.09. The van der Waals surface area contributed by atoms with Crippen molar-refractivity contribution in [3.63, 3.8) is 0 Å². The predicted octanol–water partition coefficient (Wildman–Crippen LogP) is 3.25. The number of nitro groups is 1. The molecule has 0 unspecified atom stereocenters. The van der Waals surface area contributed by atoms with Gasteiger partial charge in [-0.15, -0.1) is 0 Å². The SMILES string of the molecule is O=C(CNc1cccc([N+](=O)[O-])c1)Nc1ccccc1I. The van der Waals surface area contributed by atoms with E-state index in [0.29, 0.717) is 5.69 Å². The van der Waals surface area contributed by atoms with Crippen LogP contribution in [-0.4, -0.2) is 17.4 Å². The summed E-state index contributed by atoms with van der Waals surface area (Å²) in [5, 5.41) is 16.3. The van der Waals surface area contributed by atoms with E-state index in [1.165, 1.54) is 12.1 Å². The second-order valence-corrected chi connectivity index (χ2v) is 5.35. The van der Waals surface area contributed by atoms with Gasteiger partial charge in [-0.1, -0.05) is 18.2 Å². The van der Waals surface area contributed by atoms with E-state index in [0.717, 1.165) is 9.26 Å². The van der Waals surface area contributed by atoms with Crippen LogP contribution in [-0.2, 0) is 4.79 Å². The minimum absolute atomic E-state index is 0.0157. The first-order chi connectivity index (χ1) is 10.1. The number of nitrogens with zero attached hydrogens (tertiary/aromatic N) is 1. The van der Waals surface area contributed by atoms with Gasteiger partial charge in [-0.3, -0.25) is 14.9 Å². The lowest BCUT2D eigenvalue weighted by molar-refractivity contribution is -0.384. The van der Waals surface area contributed by atoms with Gasteiger partial charge in [-0.25, -0.2) is 0 Å². The largest absolute Gasteiger partial charge is 0.376 e. The lowest BCUT2D eigenvalue weighted by atomic mass is 10.3. The maximum atomic E-state index is 11.8. The summed E-state index contributed by atoms with van der Waals surface area (Å²) in [5.74, 6) is -0.217. The third-order valence-electron chi connectivity index (χ3n) is 2.66. The molecule has 0 heterocycles. The van der Waals surface area contributed by atoms with E-state index in [-0.39, 0.29) is 18.1 Å². The number of benzene rings is 2. The molecular formula is C14H12IN3O3. The summed E-state index contributed by atoms with van der Waals surface area (Å²) in [4.78, 5) is 22.0. The van der Waals surface area contributed by atoms with Gasteiger partial charge < -0.3 is 10.6 Å². The highest BCUT2D eigenvalue weighted by atomic mass is 127. The number of carbonyl (C=O) groups excluding carboxylic acids is 1. The molecule has 0 aliphatic carbocycles. The molecule has 2 aromatic rings. The van der Waals surface area contributed by atoms with Gasteiger partial charge in [0, 0.05) is 21.4 Å². The van der Waals surface area contributed by atoms with Crippen molar-refractivity contribution in [1.82, 2.24) is 0 Å². The summed E-state index contributed by atoms with van der Waals surface area (Å²) in [7, 11) is 0. The molecule has 1 amide bonds. The van der Waals surface area contributed by atoms with Gasteiger partial charge in [0.2, 0.25) is 5.91 Å². The molecule has 108 valence electrons. The molecule has 0 saturated heterocycles. The van der Waals surface area contributed by atoms with Crippen molar-refractivity contribution in [3.05, 3.63) is 62.2 Å². The van der Waals surface area contributed by atoms with Gasteiger partial charge in [0.1, 0.15) is 0 Å². The van der Waals surface area contributed by atoms with Crippen LogP contribution >= 0.6 is 22.6 Å². The standard InChI is InChI=1S/C14H12IN3O3/c15-12-6-1-2-7-13(12)17-14(19)9-16-10-4-3-5-11(8-10)18(20)21/h1-8,16H,9H2,(H,17,19). The molecule has 21 heavy (non-hydrogen) atoms. The van der Waals surface area contributed by atoms with E-state index in [4.69, 9.17) is 0 Å². The Morgan fingerprint density at radius 2 is 1.95 bits per heavy atom. The number of non-ortho nitro benzene ring substituents is 1. The van der Waals surface area contributed by atoms with E-state index in [1.54, 1.807) is 12.1 Å². The molecule has 0 radical (unpaired) electrons. The van der Waals surface area contributed by atoms with Gasteiger partial charge in [0.05, 0.1) is 17.2 Å².